The highest BCUT2D eigenvalue weighted by Crippen LogP contribution is 2.31. The van der Waals surface area contributed by atoms with Crippen LogP contribution >= 0.6 is 11.3 Å². The van der Waals surface area contributed by atoms with Gasteiger partial charge in [0.2, 0.25) is 0 Å². The molecule has 3 aromatic carbocycles. The van der Waals surface area contributed by atoms with Gasteiger partial charge in [-0.05, 0) is 43.2 Å². The van der Waals surface area contributed by atoms with Gasteiger partial charge in [-0.1, -0.05) is 71.5 Å². The van der Waals surface area contributed by atoms with E-state index in [-0.39, 0.29) is 12.5 Å². The van der Waals surface area contributed by atoms with E-state index in [1.807, 2.05) is 86.6 Å². The third-order valence-electron chi connectivity index (χ3n) is 4.71. The smallest absolute Gasteiger partial charge is 0.267 e. The molecule has 4 aromatic rings. The van der Waals surface area contributed by atoms with Crippen LogP contribution in [-0.2, 0) is 11.3 Å². The Morgan fingerprint density at radius 2 is 1.72 bits per heavy atom. The summed E-state index contributed by atoms with van der Waals surface area (Å²) in [5.41, 5.74) is 4.25. The van der Waals surface area contributed by atoms with Crippen LogP contribution in [0.25, 0.3) is 10.2 Å². The van der Waals surface area contributed by atoms with Gasteiger partial charge >= 0.3 is 0 Å². The standard InChI is InChI=1S/C24H22N2O2S/c1-17-11-13-20(14-12-17)28-16-22(27)26(15-19-8-4-3-5-9-19)24-25-23-18(2)7-6-10-21(23)29-24/h3-14H,15-16H2,1-2H3. The highest BCUT2D eigenvalue weighted by Gasteiger charge is 2.21. The number of carbonyl (C=O) groups is 1. The first kappa shape index (κ1) is 19.2. The van der Waals surface area contributed by atoms with E-state index in [9.17, 15) is 4.79 Å². The SMILES string of the molecule is Cc1ccc(OCC(=O)N(Cc2ccccc2)c2nc3c(C)cccc3s2)cc1. The Labute approximate surface area is 174 Å². The zero-order valence-electron chi connectivity index (χ0n) is 16.5. The molecule has 0 radical (unpaired) electrons. The number of thiazole rings is 1. The lowest BCUT2D eigenvalue weighted by atomic mass is 10.2. The van der Waals surface area contributed by atoms with Gasteiger partial charge in [0.25, 0.3) is 5.91 Å². The minimum atomic E-state index is -0.119. The lowest BCUT2D eigenvalue weighted by molar-refractivity contribution is -0.120. The van der Waals surface area contributed by atoms with Crippen molar-refractivity contribution in [3.05, 3.63) is 89.5 Å². The van der Waals surface area contributed by atoms with Crippen molar-refractivity contribution in [3.8, 4) is 5.75 Å². The van der Waals surface area contributed by atoms with Gasteiger partial charge in [-0.3, -0.25) is 9.69 Å². The maximum Gasteiger partial charge on any atom is 0.267 e. The molecule has 4 rings (SSSR count). The summed E-state index contributed by atoms with van der Waals surface area (Å²) in [6.45, 7) is 4.47. The molecule has 0 saturated heterocycles. The van der Waals surface area contributed by atoms with Crippen molar-refractivity contribution in [2.75, 3.05) is 11.5 Å². The number of amides is 1. The Bertz CT molecular complexity index is 1120. The van der Waals surface area contributed by atoms with Gasteiger partial charge in [0.05, 0.1) is 16.8 Å². The molecule has 29 heavy (non-hydrogen) atoms. The number of rotatable bonds is 6. The number of aryl methyl sites for hydroxylation is 2. The summed E-state index contributed by atoms with van der Waals surface area (Å²) >= 11 is 1.53. The molecule has 1 aromatic heterocycles. The summed E-state index contributed by atoms with van der Waals surface area (Å²) in [5.74, 6) is 0.565. The largest absolute Gasteiger partial charge is 0.484 e. The first-order valence-corrected chi connectivity index (χ1v) is 10.3. The fraction of sp³-hybridized carbons (Fsp3) is 0.167. The fourth-order valence-corrected chi connectivity index (χ4v) is 4.14. The molecule has 0 aliphatic rings. The Kier molecular flexibility index (Phi) is 5.58. The lowest BCUT2D eigenvalue weighted by Crippen LogP contribution is -2.34. The number of hydrogen-bond acceptors (Lipinski definition) is 4. The van der Waals surface area contributed by atoms with Crippen molar-refractivity contribution in [2.24, 2.45) is 0 Å². The number of aromatic nitrogens is 1. The number of anilines is 1. The predicted molar refractivity (Wildman–Crippen MR) is 119 cm³/mol. The number of fused-ring (bicyclic) bond motifs is 1. The molecule has 4 nitrogen and oxygen atoms in total. The average Bonchev–Trinajstić information content (AvgIpc) is 3.17. The van der Waals surface area contributed by atoms with Gasteiger partial charge in [-0.15, -0.1) is 0 Å². The van der Waals surface area contributed by atoms with Gasteiger partial charge in [0, 0.05) is 0 Å². The summed E-state index contributed by atoms with van der Waals surface area (Å²) in [4.78, 5) is 19.6. The number of carbonyl (C=O) groups excluding carboxylic acids is 1. The molecular weight excluding hydrogens is 380 g/mol. The number of benzene rings is 3. The highest BCUT2D eigenvalue weighted by atomic mass is 32.1. The van der Waals surface area contributed by atoms with Gasteiger partial charge in [0.15, 0.2) is 11.7 Å². The van der Waals surface area contributed by atoms with E-state index in [1.54, 1.807) is 4.90 Å². The summed E-state index contributed by atoms with van der Waals surface area (Å²) < 4.78 is 6.82. The van der Waals surface area contributed by atoms with E-state index in [4.69, 9.17) is 9.72 Å². The molecule has 1 heterocycles. The van der Waals surface area contributed by atoms with Crippen molar-refractivity contribution in [3.63, 3.8) is 0 Å². The fourth-order valence-electron chi connectivity index (χ4n) is 3.08. The number of nitrogens with zero attached hydrogens (tertiary/aromatic N) is 2. The second kappa shape index (κ2) is 8.45. The second-order valence-electron chi connectivity index (χ2n) is 6.99. The zero-order valence-corrected chi connectivity index (χ0v) is 17.3. The third-order valence-corrected chi connectivity index (χ3v) is 5.75. The minimum absolute atomic E-state index is 0.0369. The van der Waals surface area contributed by atoms with Crippen molar-refractivity contribution in [2.45, 2.75) is 20.4 Å². The van der Waals surface area contributed by atoms with Crippen molar-refractivity contribution in [1.29, 1.82) is 0 Å². The van der Waals surface area contributed by atoms with E-state index in [1.165, 1.54) is 11.3 Å². The summed E-state index contributed by atoms with van der Waals surface area (Å²) in [6, 6.07) is 23.7. The topological polar surface area (TPSA) is 42.4 Å². The van der Waals surface area contributed by atoms with Crippen molar-refractivity contribution in [1.82, 2.24) is 4.98 Å². The normalized spacial score (nSPS) is 10.8. The number of para-hydroxylation sites is 1. The van der Waals surface area contributed by atoms with E-state index < -0.39 is 0 Å². The van der Waals surface area contributed by atoms with Crippen LogP contribution in [-0.4, -0.2) is 17.5 Å². The minimum Gasteiger partial charge on any atom is -0.484 e. The second-order valence-corrected chi connectivity index (χ2v) is 7.99. The van der Waals surface area contributed by atoms with Crippen LogP contribution in [0.15, 0.2) is 72.8 Å². The highest BCUT2D eigenvalue weighted by molar-refractivity contribution is 7.22. The van der Waals surface area contributed by atoms with Crippen LogP contribution in [0.2, 0.25) is 0 Å². The molecule has 0 N–H and O–H groups in total. The molecule has 0 fully saturated rings. The zero-order chi connectivity index (χ0) is 20.2. The van der Waals surface area contributed by atoms with Gasteiger partial charge in [0.1, 0.15) is 5.75 Å². The van der Waals surface area contributed by atoms with Crippen molar-refractivity contribution < 1.29 is 9.53 Å². The lowest BCUT2D eigenvalue weighted by Gasteiger charge is -2.20. The Hall–Kier alpha value is -3.18. The Morgan fingerprint density at radius 1 is 0.966 bits per heavy atom. The van der Waals surface area contributed by atoms with E-state index in [0.29, 0.717) is 17.4 Å². The maximum absolute atomic E-state index is 13.1. The average molecular weight is 403 g/mol. The predicted octanol–water partition coefficient (Wildman–Crippen LogP) is 5.53. The summed E-state index contributed by atoms with van der Waals surface area (Å²) in [5, 5.41) is 0.690. The quantitative estimate of drug-likeness (QED) is 0.426. The van der Waals surface area contributed by atoms with Gasteiger partial charge < -0.3 is 4.74 Å². The first-order valence-electron chi connectivity index (χ1n) is 9.50. The molecular formula is C24H22N2O2S. The molecule has 1 amide bonds. The van der Waals surface area contributed by atoms with E-state index >= 15 is 0 Å². The van der Waals surface area contributed by atoms with Crippen molar-refractivity contribution >= 4 is 32.6 Å². The van der Waals surface area contributed by atoms with Gasteiger partial charge in [-0.2, -0.15) is 0 Å². The Balaban J connectivity index is 1.60. The first-order chi connectivity index (χ1) is 14.1. The van der Waals surface area contributed by atoms with E-state index in [2.05, 4.69) is 0 Å². The monoisotopic (exact) mass is 402 g/mol. The summed E-state index contributed by atoms with van der Waals surface area (Å²) in [6.07, 6.45) is 0. The van der Waals surface area contributed by atoms with E-state index in [0.717, 1.165) is 26.9 Å². The molecule has 0 atom stereocenters. The van der Waals surface area contributed by atoms with Crippen LogP contribution in [0.5, 0.6) is 5.75 Å². The maximum atomic E-state index is 13.1. The molecule has 0 bridgehead atoms. The molecule has 5 heteroatoms. The molecule has 0 spiro atoms. The van der Waals surface area contributed by atoms with Crippen LogP contribution < -0.4 is 9.64 Å². The Morgan fingerprint density at radius 3 is 2.45 bits per heavy atom. The van der Waals surface area contributed by atoms with Crippen LogP contribution in [0.1, 0.15) is 16.7 Å². The number of ether oxygens (including phenoxy) is 1. The summed E-state index contributed by atoms with van der Waals surface area (Å²) in [7, 11) is 0. The number of hydrogen-bond donors (Lipinski definition) is 0. The molecule has 0 aliphatic heterocycles. The van der Waals surface area contributed by atoms with Crippen LogP contribution in [0.3, 0.4) is 0 Å². The van der Waals surface area contributed by atoms with Crippen LogP contribution in [0.4, 0.5) is 5.13 Å². The molecule has 0 saturated carbocycles. The van der Waals surface area contributed by atoms with Gasteiger partial charge in [-0.25, -0.2) is 4.98 Å². The molecule has 146 valence electrons. The third kappa shape index (κ3) is 4.46. The molecule has 0 aliphatic carbocycles. The molecule has 0 unspecified atom stereocenters. The van der Waals surface area contributed by atoms with Crippen LogP contribution in [0, 0.1) is 13.8 Å².